The minimum atomic E-state index is 0.0506. The van der Waals surface area contributed by atoms with Crippen LogP contribution < -0.4 is 5.32 Å². The van der Waals surface area contributed by atoms with Crippen LogP contribution in [0.15, 0.2) is 59.0 Å². The Morgan fingerprint density at radius 1 is 1.10 bits per heavy atom. The summed E-state index contributed by atoms with van der Waals surface area (Å²) in [5.41, 5.74) is 2.08. The minimum Gasteiger partial charge on any atom is -0.459 e. The molecular weight excluding hydrogens is 282 g/mol. The molecular formula is C18H18ClNO. The molecule has 1 atom stereocenters. The Kier molecular flexibility index (Phi) is 4.28. The van der Waals surface area contributed by atoms with Crippen LogP contribution in [0.3, 0.4) is 0 Å². The van der Waals surface area contributed by atoms with Gasteiger partial charge in [0.05, 0.1) is 6.04 Å². The Bertz CT molecular complexity index is 684. The van der Waals surface area contributed by atoms with Gasteiger partial charge in [-0.3, -0.25) is 0 Å². The van der Waals surface area contributed by atoms with E-state index in [0.717, 1.165) is 40.3 Å². The molecule has 3 aromatic rings. The van der Waals surface area contributed by atoms with E-state index in [2.05, 4.69) is 24.4 Å². The van der Waals surface area contributed by atoms with Crippen molar-refractivity contribution in [3.05, 3.63) is 70.9 Å². The van der Waals surface area contributed by atoms with E-state index in [0.29, 0.717) is 0 Å². The molecule has 108 valence electrons. The molecule has 3 rings (SSSR count). The number of para-hydroxylation sites is 1. The second-order valence-electron chi connectivity index (χ2n) is 5.13. The molecule has 0 aliphatic rings. The van der Waals surface area contributed by atoms with Crippen LogP contribution in [-0.4, -0.2) is 6.54 Å². The van der Waals surface area contributed by atoms with Gasteiger partial charge >= 0.3 is 0 Å². The summed E-state index contributed by atoms with van der Waals surface area (Å²) < 4.78 is 6.02. The van der Waals surface area contributed by atoms with Crippen molar-refractivity contribution in [1.29, 1.82) is 0 Å². The van der Waals surface area contributed by atoms with Crippen LogP contribution in [0, 0.1) is 0 Å². The van der Waals surface area contributed by atoms with Crippen molar-refractivity contribution in [3.8, 4) is 0 Å². The number of hydrogen-bond donors (Lipinski definition) is 1. The van der Waals surface area contributed by atoms with Gasteiger partial charge in [0.1, 0.15) is 11.3 Å². The predicted octanol–water partition coefficient (Wildman–Crippen LogP) is 5.18. The SMILES string of the molecule is CCCNC(c1ccc(Cl)cc1)c1cc2ccccc2o1. The number of nitrogens with one attached hydrogen (secondary N) is 1. The van der Waals surface area contributed by atoms with E-state index < -0.39 is 0 Å². The summed E-state index contributed by atoms with van der Waals surface area (Å²) in [6.07, 6.45) is 1.07. The summed E-state index contributed by atoms with van der Waals surface area (Å²) in [7, 11) is 0. The van der Waals surface area contributed by atoms with Gasteiger partial charge in [-0.15, -0.1) is 0 Å². The Morgan fingerprint density at radius 3 is 2.57 bits per heavy atom. The molecule has 21 heavy (non-hydrogen) atoms. The molecule has 0 aliphatic carbocycles. The highest BCUT2D eigenvalue weighted by atomic mass is 35.5. The highest BCUT2D eigenvalue weighted by molar-refractivity contribution is 6.30. The second-order valence-corrected chi connectivity index (χ2v) is 5.56. The molecule has 0 saturated heterocycles. The number of furan rings is 1. The molecule has 0 spiro atoms. The molecule has 0 radical (unpaired) electrons. The molecule has 2 aromatic carbocycles. The maximum atomic E-state index is 6.02. The zero-order chi connectivity index (χ0) is 14.7. The molecule has 2 nitrogen and oxygen atoms in total. The number of benzene rings is 2. The summed E-state index contributed by atoms with van der Waals surface area (Å²) in [6, 6.07) is 18.2. The number of halogens is 1. The third kappa shape index (κ3) is 3.12. The topological polar surface area (TPSA) is 25.2 Å². The van der Waals surface area contributed by atoms with Gasteiger partial charge in [0.15, 0.2) is 0 Å². The van der Waals surface area contributed by atoms with Crippen molar-refractivity contribution in [1.82, 2.24) is 5.32 Å². The van der Waals surface area contributed by atoms with Crippen LogP contribution >= 0.6 is 11.6 Å². The fourth-order valence-corrected chi connectivity index (χ4v) is 2.60. The van der Waals surface area contributed by atoms with Gasteiger partial charge in [-0.05, 0) is 42.8 Å². The highest BCUT2D eigenvalue weighted by Gasteiger charge is 2.17. The largest absolute Gasteiger partial charge is 0.459 e. The molecule has 0 saturated carbocycles. The van der Waals surface area contributed by atoms with Gasteiger partial charge in [0.25, 0.3) is 0 Å². The number of rotatable bonds is 5. The molecule has 1 heterocycles. The van der Waals surface area contributed by atoms with Crippen LogP contribution in [0.4, 0.5) is 0 Å². The lowest BCUT2D eigenvalue weighted by Gasteiger charge is -2.16. The van der Waals surface area contributed by atoms with Gasteiger partial charge in [-0.1, -0.05) is 48.9 Å². The molecule has 0 bridgehead atoms. The zero-order valence-electron chi connectivity index (χ0n) is 12.0. The first-order valence-electron chi connectivity index (χ1n) is 7.25. The lowest BCUT2D eigenvalue weighted by molar-refractivity contribution is 0.469. The van der Waals surface area contributed by atoms with Crippen molar-refractivity contribution in [2.75, 3.05) is 6.54 Å². The lowest BCUT2D eigenvalue weighted by Crippen LogP contribution is -2.22. The molecule has 0 amide bonds. The Labute approximate surface area is 129 Å². The van der Waals surface area contributed by atoms with E-state index in [-0.39, 0.29) is 6.04 Å². The summed E-state index contributed by atoms with van der Waals surface area (Å²) >= 11 is 5.99. The maximum absolute atomic E-state index is 6.02. The fourth-order valence-electron chi connectivity index (χ4n) is 2.47. The molecule has 1 unspecified atom stereocenters. The summed E-state index contributed by atoms with van der Waals surface area (Å²) in [6.45, 7) is 3.09. The summed E-state index contributed by atoms with van der Waals surface area (Å²) in [4.78, 5) is 0. The van der Waals surface area contributed by atoms with Crippen LogP contribution in [-0.2, 0) is 0 Å². The fraction of sp³-hybridized carbons (Fsp3) is 0.222. The van der Waals surface area contributed by atoms with E-state index in [1.54, 1.807) is 0 Å². The predicted molar refractivity (Wildman–Crippen MR) is 87.8 cm³/mol. The van der Waals surface area contributed by atoms with Crippen molar-refractivity contribution in [2.24, 2.45) is 0 Å². The Morgan fingerprint density at radius 2 is 1.86 bits per heavy atom. The van der Waals surface area contributed by atoms with E-state index in [4.69, 9.17) is 16.0 Å². The monoisotopic (exact) mass is 299 g/mol. The first-order valence-corrected chi connectivity index (χ1v) is 7.63. The van der Waals surface area contributed by atoms with Gasteiger partial charge in [-0.25, -0.2) is 0 Å². The Balaban J connectivity index is 1.99. The van der Waals surface area contributed by atoms with Gasteiger partial charge in [0, 0.05) is 10.4 Å². The summed E-state index contributed by atoms with van der Waals surface area (Å²) in [5, 5.41) is 5.42. The van der Waals surface area contributed by atoms with E-state index in [1.807, 2.05) is 42.5 Å². The first kappa shape index (κ1) is 14.2. The van der Waals surface area contributed by atoms with Crippen LogP contribution in [0.1, 0.15) is 30.7 Å². The first-order chi connectivity index (χ1) is 10.3. The normalized spacial score (nSPS) is 12.7. The van der Waals surface area contributed by atoms with Crippen molar-refractivity contribution >= 4 is 22.6 Å². The highest BCUT2D eigenvalue weighted by Crippen LogP contribution is 2.29. The number of fused-ring (bicyclic) bond motifs is 1. The van der Waals surface area contributed by atoms with Crippen LogP contribution in [0.25, 0.3) is 11.0 Å². The Hall–Kier alpha value is -1.77. The standard InChI is InChI=1S/C18H18ClNO/c1-2-11-20-18(13-7-9-15(19)10-8-13)17-12-14-5-3-4-6-16(14)21-17/h3-10,12,18,20H,2,11H2,1H3. The van der Waals surface area contributed by atoms with Gasteiger partial charge in [-0.2, -0.15) is 0 Å². The zero-order valence-corrected chi connectivity index (χ0v) is 12.7. The third-order valence-corrected chi connectivity index (χ3v) is 3.78. The van der Waals surface area contributed by atoms with E-state index >= 15 is 0 Å². The quantitative estimate of drug-likeness (QED) is 0.702. The molecule has 0 fully saturated rings. The molecule has 0 aliphatic heterocycles. The lowest BCUT2D eigenvalue weighted by atomic mass is 10.0. The number of hydrogen-bond acceptors (Lipinski definition) is 2. The molecule has 1 aromatic heterocycles. The second kappa shape index (κ2) is 6.33. The van der Waals surface area contributed by atoms with Crippen molar-refractivity contribution < 1.29 is 4.42 Å². The maximum Gasteiger partial charge on any atom is 0.134 e. The van der Waals surface area contributed by atoms with Gasteiger partial charge < -0.3 is 9.73 Å². The smallest absolute Gasteiger partial charge is 0.134 e. The summed E-state index contributed by atoms with van der Waals surface area (Å²) in [5.74, 6) is 0.937. The third-order valence-electron chi connectivity index (χ3n) is 3.53. The molecule has 1 N–H and O–H groups in total. The van der Waals surface area contributed by atoms with Crippen molar-refractivity contribution in [3.63, 3.8) is 0 Å². The molecule has 3 heteroatoms. The van der Waals surface area contributed by atoms with Crippen LogP contribution in [0.2, 0.25) is 5.02 Å². The average Bonchev–Trinajstić information content (AvgIpc) is 2.93. The average molecular weight is 300 g/mol. The minimum absolute atomic E-state index is 0.0506. The van der Waals surface area contributed by atoms with Crippen molar-refractivity contribution in [2.45, 2.75) is 19.4 Å². The van der Waals surface area contributed by atoms with Crippen LogP contribution in [0.5, 0.6) is 0 Å². The van der Waals surface area contributed by atoms with E-state index in [1.165, 1.54) is 0 Å². The van der Waals surface area contributed by atoms with E-state index in [9.17, 15) is 0 Å². The van der Waals surface area contributed by atoms with Gasteiger partial charge in [0.2, 0.25) is 0 Å².